The maximum absolute atomic E-state index is 12.6. The zero-order valence-corrected chi connectivity index (χ0v) is 18.5. The van der Waals surface area contributed by atoms with Gasteiger partial charge in [-0.2, -0.15) is 0 Å². The minimum Gasteiger partial charge on any atom is -0.378 e. The zero-order chi connectivity index (χ0) is 21.7. The van der Waals surface area contributed by atoms with E-state index in [1.54, 1.807) is 12.1 Å². The fourth-order valence-corrected chi connectivity index (χ4v) is 4.19. The lowest BCUT2D eigenvalue weighted by Crippen LogP contribution is -2.37. The summed E-state index contributed by atoms with van der Waals surface area (Å²) >= 11 is 0. The van der Waals surface area contributed by atoms with E-state index in [1.165, 1.54) is 0 Å². The lowest BCUT2D eigenvalue weighted by molar-refractivity contribution is -0.114. The average molecular weight is 432 g/mol. The highest BCUT2D eigenvalue weighted by atomic mass is 32.2. The molecule has 1 aliphatic rings. The quantitative estimate of drug-likeness (QED) is 0.729. The molecule has 3 rings (SSSR count). The minimum absolute atomic E-state index is 0.287. The minimum atomic E-state index is -3.61. The zero-order valence-electron chi connectivity index (χ0n) is 17.7. The van der Waals surface area contributed by atoms with E-state index in [0.717, 1.165) is 34.9 Å². The van der Waals surface area contributed by atoms with Crippen LogP contribution in [0, 0.1) is 0 Å². The molecule has 1 aliphatic heterocycles. The Balaban J connectivity index is 1.67. The third kappa shape index (κ3) is 5.73. The molecule has 8 heteroatoms. The molecule has 0 atom stereocenters. The molecule has 1 N–H and O–H groups in total. The van der Waals surface area contributed by atoms with E-state index in [1.807, 2.05) is 36.4 Å². The Bertz CT molecular complexity index is 951. The SMILES string of the molecule is CC(C)c1ccc(N(CC(=O)Nc2ccc(N3CCOCC3)cc2)S(C)(=O)=O)cc1. The number of hydrogen-bond acceptors (Lipinski definition) is 5. The summed E-state index contributed by atoms with van der Waals surface area (Å²) < 4.78 is 31.1. The van der Waals surface area contributed by atoms with Crippen molar-refractivity contribution in [3.05, 3.63) is 54.1 Å². The van der Waals surface area contributed by atoms with E-state index < -0.39 is 15.9 Å². The largest absolute Gasteiger partial charge is 0.378 e. The van der Waals surface area contributed by atoms with Gasteiger partial charge >= 0.3 is 0 Å². The lowest BCUT2D eigenvalue weighted by Gasteiger charge is -2.29. The third-order valence-electron chi connectivity index (χ3n) is 5.06. The summed E-state index contributed by atoms with van der Waals surface area (Å²) in [5.41, 5.74) is 3.27. The molecule has 162 valence electrons. The Kier molecular flexibility index (Phi) is 6.99. The summed E-state index contributed by atoms with van der Waals surface area (Å²) in [6, 6.07) is 14.8. The Hall–Kier alpha value is -2.58. The summed E-state index contributed by atoms with van der Waals surface area (Å²) in [6.45, 7) is 6.94. The normalized spacial score (nSPS) is 14.6. The van der Waals surface area contributed by atoms with Crippen LogP contribution in [0.3, 0.4) is 0 Å². The molecular weight excluding hydrogens is 402 g/mol. The number of morpholine rings is 1. The lowest BCUT2D eigenvalue weighted by atomic mass is 10.0. The predicted octanol–water partition coefficient (Wildman–Crippen LogP) is 3.05. The molecule has 0 spiro atoms. The number of carbonyl (C=O) groups is 1. The van der Waals surface area contributed by atoms with Crippen molar-refractivity contribution in [3.8, 4) is 0 Å². The molecule has 2 aromatic carbocycles. The number of nitrogens with one attached hydrogen (secondary N) is 1. The average Bonchev–Trinajstić information content (AvgIpc) is 2.72. The van der Waals surface area contributed by atoms with Gasteiger partial charge in [-0.15, -0.1) is 0 Å². The third-order valence-corrected chi connectivity index (χ3v) is 6.20. The topological polar surface area (TPSA) is 79.0 Å². The molecule has 0 saturated carbocycles. The number of carbonyl (C=O) groups excluding carboxylic acids is 1. The number of anilines is 3. The Morgan fingerprint density at radius 3 is 2.20 bits per heavy atom. The van der Waals surface area contributed by atoms with Gasteiger partial charge in [-0.3, -0.25) is 9.10 Å². The first-order valence-corrected chi connectivity index (χ1v) is 11.9. The second-order valence-electron chi connectivity index (χ2n) is 7.71. The van der Waals surface area contributed by atoms with Crippen LogP contribution in [0.1, 0.15) is 25.3 Å². The van der Waals surface area contributed by atoms with E-state index in [-0.39, 0.29) is 6.54 Å². The van der Waals surface area contributed by atoms with Crippen LogP contribution < -0.4 is 14.5 Å². The number of ether oxygens (including phenoxy) is 1. The fourth-order valence-electron chi connectivity index (χ4n) is 3.33. The van der Waals surface area contributed by atoms with Crippen molar-refractivity contribution in [2.75, 3.05) is 53.6 Å². The van der Waals surface area contributed by atoms with E-state index in [0.29, 0.717) is 30.5 Å². The number of amides is 1. The molecule has 0 bridgehead atoms. The van der Waals surface area contributed by atoms with Crippen LogP contribution >= 0.6 is 0 Å². The van der Waals surface area contributed by atoms with Gasteiger partial charge in [-0.1, -0.05) is 26.0 Å². The fraction of sp³-hybridized carbons (Fsp3) is 0.409. The highest BCUT2D eigenvalue weighted by Crippen LogP contribution is 2.23. The van der Waals surface area contributed by atoms with Gasteiger partial charge in [0.05, 0.1) is 25.2 Å². The summed E-state index contributed by atoms with van der Waals surface area (Å²) in [5, 5.41) is 2.79. The van der Waals surface area contributed by atoms with Crippen molar-refractivity contribution in [2.45, 2.75) is 19.8 Å². The molecule has 0 aliphatic carbocycles. The van der Waals surface area contributed by atoms with Crippen molar-refractivity contribution < 1.29 is 17.9 Å². The van der Waals surface area contributed by atoms with Gasteiger partial charge in [0, 0.05) is 24.5 Å². The van der Waals surface area contributed by atoms with Crippen LogP contribution in [0.2, 0.25) is 0 Å². The first-order valence-electron chi connectivity index (χ1n) is 10.0. The van der Waals surface area contributed by atoms with Crippen molar-refractivity contribution in [1.29, 1.82) is 0 Å². The second-order valence-corrected chi connectivity index (χ2v) is 9.62. The van der Waals surface area contributed by atoms with Gasteiger partial charge in [0.1, 0.15) is 6.54 Å². The maximum Gasteiger partial charge on any atom is 0.245 e. The summed E-state index contributed by atoms with van der Waals surface area (Å²) in [7, 11) is -3.61. The highest BCUT2D eigenvalue weighted by molar-refractivity contribution is 7.92. The Morgan fingerprint density at radius 1 is 1.07 bits per heavy atom. The van der Waals surface area contributed by atoms with Gasteiger partial charge in [0.25, 0.3) is 0 Å². The number of nitrogens with zero attached hydrogens (tertiary/aromatic N) is 2. The summed E-state index contributed by atoms with van der Waals surface area (Å²) in [4.78, 5) is 14.8. The van der Waals surface area contributed by atoms with Gasteiger partial charge in [-0.25, -0.2) is 8.42 Å². The molecule has 0 aromatic heterocycles. The molecule has 1 saturated heterocycles. The molecule has 0 radical (unpaired) electrons. The van der Waals surface area contributed by atoms with Crippen LogP contribution in [0.5, 0.6) is 0 Å². The molecule has 2 aromatic rings. The van der Waals surface area contributed by atoms with Crippen LogP contribution in [0.25, 0.3) is 0 Å². The molecule has 1 fully saturated rings. The van der Waals surface area contributed by atoms with Crippen molar-refractivity contribution >= 4 is 33.0 Å². The van der Waals surface area contributed by atoms with Crippen LogP contribution in [-0.2, 0) is 19.6 Å². The van der Waals surface area contributed by atoms with Crippen molar-refractivity contribution in [2.24, 2.45) is 0 Å². The maximum atomic E-state index is 12.6. The highest BCUT2D eigenvalue weighted by Gasteiger charge is 2.21. The molecule has 0 unspecified atom stereocenters. The van der Waals surface area contributed by atoms with E-state index in [2.05, 4.69) is 24.1 Å². The first-order chi connectivity index (χ1) is 14.2. The number of benzene rings is 2. The number of rotatable bonds is 7. The van der Waals surface area contributed by atoms with Crippen LogP contribution in [0.4, 0.5) is 17.1 Å². The molecular formula is C22H29N3O4S. The monoisotopic (exact) mass is 431 g/mol. The number of sulfonamides is 1. The summed E-state index contributed by atoms with van der Waals surface area (Å²) in [5.74, 6) is -0.0537. The van der Waals surface area contributed by atoms with Gasteiger partial charge in [-0.05, 0) is 47.9 Å². The first kappa shape index (κ1) is 22.1. The van der Waals surface area contributed by atoms with Crippen molar-refractivity contribution in [3.63, 3.8) is 0 Å². The van der Waals surface area contributed by atoms with Crippen LogP contribution in [-0.4, -0.2) is 53.4 Å². The Labute approximate surface area is 178 Å². The predicted molar refractivity (Wildman–Crippen MR) is 121 cm³/mol. The van der Waals surface area contributed by atoms with E-state index in [4.69, 9.17) is 4.74 Å². The molecule has 1 heterocycles. The molecule has 30 heavy (non-hydrogen) atoms. The molecule has 1 amide bonds. The van der Waals surface area contributed by atoms with Gasteiger partial charge in [0.15, 0.2) is 0 Å². The molecule has 7 nitrogen and oxygen atoms in total. The van der Waals surface area contributed by atoms with Crippen molar-refractivity contribution in [1.82, 2.24) is 0 Å². The van der Waals surface area contributed by atoms with Crippen LogP contribution in [0.15, 0.2) is 48.5 Å². The number of hydrogen-bond donors (Lipinski definition) is 1. The van der Waals surface area contributed by atoms with Gasteiger partial charge < -0.3 is 15.0 Å². The Morgan fingerprint density at radius 2 is 1.67 bits per heavy atom. The second kappa shape index (κ2) is 9.49. The van der Waals surface area contributed by atoms with Gasteiger partial charge in [0.2, 0.25) is 15.9 Å². The summed E-state index contributed by atoms with van der Waals surface area (Å²) in [6.07, 6.45) is 1.10. The van der Waals surface area contributed by atoms with E-state index >= 15 is 0 Å². The standard InChI is InChI=1S/C22H29N3O4S/c1-17(2)18-4-8-21(9-5-18)25(30(3,27)28)16-22(26)23-19-6-10-20(11-7-19)24-12-14-29-15-13-24/h4-11,17H,12-16H2,1-3H3,(H,23,26). The van der Waals surface area contributed by atoms with E-state index in [9.17, 15) is 13.2 Å². The smallest absolute Gasteiger partial charge is 0.245 e.